The van der Waals surface area contributed by atoms with Gasteiger partial charge in [0.1, 0.15) is 23.4 Å². The van der Waals surface area contributed by atoms with E-state index in [4.69, 9.17) is 21.0 Å². The Morgan fingerprint density at radius 1 is 0.900 bits per heavy atom. The highest BCUT2D eigenvalue weighted by molar-refractivity contribution is 5.99. The van der Waals surface area contributed by atoms with Crippen molar-refractivity contribution in [3.63, 3.8) is 0 Å². The predicted molar refractivity (Wildman–Crippen MR) is 155 cm³/mol. The van der Waals surface area contributed by atoms with Gasteiger partial charge < -0.3 is 15.9 Å². The fourth-order valence-corrected chi connectivity index (χ4v) is 5.37. The molecule has 4 N–H and O–H groups in total. The smallest absolute Gasteiger partial charge is 0.292 e. The number of pyridine rings is 1. The summed E-state index contributed by atoms with van der Waals surface area (Å²) in [6, 6.07) is 21.4. The fraction of sp³-hybridized carbons (Fsp3) is 0.100. The van der Waals surface area contributed by atoms with Crippen LogP contribution in [-0.2, 0) is 6.54 Å². The zero-order valence-corrected chi connectivity index (χ0v) is 21.8. The van der Waals surface area contributed by atoms with Crippen LogP contribution in [0, 0.1) is 13.8 Å². The Kier molecular flexibility index (Phi) is 5.17. The summed E-state index contributed by atoms with van der Waals surface area (Å²) in [6.45, 7) is 4.22. The molecule has 4 aromatic heterocycles. The summed E-state index contributed by atoms with van der Waals surface area (Å²) < 4.78 is 8.96. The molecule has 0 radical (unpaired) electrons. The molecule has 0 unspecified atom stereocenters. The van der Waals surface area contributed by atoms with Gasteiger partial charge in [0.25, 0.3) is 11.6 Å². The Bertz CT molecular complexity index is 2170. The molecule has 0 bridgehead atoms. The number of oxazole rings is 1. The highest BCUT2D eigenvalue weighted by atomic mass is 16.4. The summed E-state index contributed by atoms with van der Waals surface area (Å²) in [7, 11) is 0. The first-order chi connectivity index (χ1) is 19.4. The molecule has 0 atom stereocenters. The lowest BCUT2D eigenvalue weighted by Crippen LogP contribution is -2.25. The van der Waals surface area contributed by atoms with Crippen molar-refractivity contribution in [2.24, 2.45) is 0 Å². The van der Waals surface area contributed by atoms with Crippen LogP contribution in [0.15, 0.2) is 82.3 Å². The van der Waals surface area contributed by atoms with Crippen LogP contribution in [0.5, 0.6) is 0 Å². The first kappa shape index (κ1) is 23.6. The van der Waals surface area contributed by atoms with Crippen molar-refractivity contribution in [1.82, 2.24) is 29.3 Å². The number of para-hydroxylation sites is 1. The molecule has 7 aromatic rings. The van der Waals surface area contributed by atoms with Crippen LogP contribution in [0.3, 0.4) is 0 Å². The third-order valence-corrected chi connectivity index (χ3v) is 7.24. The number of nitrogens with two attached hydrogens (primary N) is 2. The number of benzene rings is 3. The molecule has 40 heavy (non-hydrogen) atoms. The minimum Gasteiger partial charge on any atom is -0.424 e. The summed E-state index contributed by atoms with van der Waals surface area (Å²) in [5.41, 5.74) is 18.6. The highest BCUT2D eigenvalue weighted by Gasteiger charge is 2.21. The lowest BCUT2D eigenvalue weighted by atomic mass is 10.1. The van der Waals surface area contributed by atoms with E-state index in [1.807, 2.05) is 74.5 Å². The average molecular weight is 529 g/mol. The van der Waals surface area contributed by atoms with Crippen molar-refractivity contribution in [3.8, 4) is 16.9 Å². The number of fused-ring (bicyclic) bond motifs is 3. The summed E-state index contributed by atoms with van der Waals surface area (Å²) in [5, 5.41) is 7.11. The second kappa shape index (κ2) is 8.77. The van der Waals surface area contributed by atoms with Crippen molar-refractivity contribution in [2.45, 2.75) is 20.4 Å². The zero-order valence-electron chi connectivity index (χ0n) is 21.8. The zero-order chi connectivity index (χ0) is 27.5. The van der Waals surface area contributed by atoms with E-state index in [1.54, 1.807) is 15.3 Å². The molecule has 0 fully saturated rings. The van der Waals surface area contributed by atoms with Gasteiger partial charge in [0.15, 0.2) is 11.2 Å². The summed E-state index contributed by atoms with van der Waals surface area (Å²) in [4.78, 5) is 27.1. The van der Waals surface area contributed by atoms with Gasteiger partial charge in [0, 0.05) is 11.3 Å². The minimum atomic E-state index is -0.0835. The molecule has 0 spiro atoms. The maximum Gasteiger partial charge on any atom is 0.292 e. The second-order valence-electron chi connectivity index (χ2n) is 9.80. The lowest BCUT2D eigenvalue weighted by Gasteiger charge is -2.17. The molecular weight excluding hydrogens is 504 g/mol. The Morgan fingerprint density at radius 3 is 2.58 bits per heavy atom. The van der Waals surface area contributed by atoms with Gasteiger partial charge in [-0.2, -0.15) is 10.1 Å². The van der Waals surface area contributed by atoms with E-state index in [0.29, 0.717) is 39.0 Å². The lowest BCUT2D eigenvalue weighted by molar-refractivity contribution is 0.626. The third-order valence-electron chi connectivity index (χ3n) is 7.24. The van der Waals surface area contributed by atoms with E-state index in [2.05, 4.69) is 15.0 Å². The average Bonchev–Trinajstić information content (AvgIpc) is 3.49. The first-order valence-electron chi connectivity index (χ1n) is 12.7. The molecule has 0 aliphatic carbocycles. The van der Waals surface area contributed by atoms with Gasteiger partial charge in [0.2, 0.25) is 0 Å². The standard InChI is InChI=1S/C30H24N8O2/c1-16-6-3-4-9-22(16)38-20(12-18-8-5-7-17(2)24(18)29(38)39)14-37-28-25(27(31)33-15-34-28)26(36-37)19-10-11-23-21(13-19)35-30(32)40-23/h3-13,15H,14H2,1-2H3,(H2,32,35)(H2,31,33,34). The highest BCUT2D eigenvalue weighted by Crippen LogP contribution is 2.33. The summed E-state index contributed by atoms with van der Waals surface area (Å²) >= 11 is 0. The second-order valence-corrected chi connectivity index (χ2v) is 9.80. The summed E-state index contributed by atoms with van der Waals surface area (Å²) in [6.07, 6.45) is 1.42. The van der Waals surface area contributed by atoms with Crippen LogP contribution in [0.2, 0.25) is 0 Å². The molecular formula is C30H24N8O2. The van der Waals surface area contributed by atoms with E-state index >= 15 is 0 Å². The van der Waals surface area contributed by atoms with Crippen molar-refractivity contribution in [1.29, 1.82) is 0 Å². The van der Waals surface area contributed by atoms with E-state index < -0.39 is 0 Å². The summed E-state index contributed by atoms with van der Waals surface area (Å²) in [5.74, 6) is 0.302. The SMILES string of the molecule is Cc1ccccc1-n1c(Cn2nc(-c3ccc4oc(N)nc4c3)c3c(N)ncnc32)cc2cccc(C)c2c1=O. The first-order valence-corrected chi connectivity index (χ1v) is 12.7. The molecule has 7 rings (SSSR count). The van der Waals surface area contributed by atoms with Gasteiger partial charge in [0.05, 0.1) is 23.0 Å². The topological polar surface area (TPSA) is 144 Å². The molecule has 0 amide bonds. The number of nitrogen functional groups attached to an aromatic ring is 2. The molecule has 3 aromatic carbocycles. The van der Waals surface area contributed by atoms with Gasteiger partial charge in [-0.15, -0.1) is 0 Å². The van der Waals surface area contributed by atoms with Gasteiger partial charge >= 0.3 is 0 Å². The third kappa shape index (κ3) is 3.61. The number of rotatable bonds is 4. The van der Waals surface area contributed by atoms with Crippen molar-refractivity contribution in [2.75, 3.05) is 11.5 Å². The maximum absolute atomic E-state index is 14.0. The molecule has 10 nitrogen and oxygen atoms in total. The molecule has 0 aliphatic rings. The van der Waals surface area contributed by atoms with Crippen LogP contribution in [0.25, 0.3) is 49.9 Å². The number of aromatic nitrogens is 6. The van der Waals surface area contributed by atoms with Gasteiger partial charge in [-0.25, -0.2) is 14.6 Å². The minimum absolute atomic E-state index is 0.0835. The van der Waals surface area contributed by atoms with E-state index in [0.717, 1.165) is 33.5 Å². The van der Waals surface area contributed by atoms with Crippen molar-refractivity contribution in [3.05, 3.63) is 100 Å². The van der Waals surface area contributed by atoms with Crippen molar-refractivity contribution < 1.29 is 4.42 Å². The number of nitrogens with zero attached hydrogens (tertiary/aromatic N) is 6. The Labute approximate surface area is 227 Å². The van der Waals surface area contributed by atoms with Crippen LogP contribution in [0.1, 0.15) is 16.8 Å². The van der Waals surface area contributed by atoms with Crippen molar-refractivity contribution >= 4 is 44.7 Å². The molecule has 0 saturated heterocycles. The largest absolute Gasteiger partial charge is 0.424 e. The fourth-order valence-electron chi connectivity index (χ4n) is 5.37. The Balaban J connectivity index is 1.47. The van der Waals surface area contributed by atoms with Crippen LogP contribution >= 0.6 is 0 Å². The molecule has 196 valence electrons. The number of hydrogen-bond acceptors (Lipinski definition) is 8. The van der Waals surface area contributed by atoms with Gasteiger partial charge in [-0.05, 0) is 60.7 Å². The molecule has 4 heterocycles. The van der Waals surface area contributed by atoms with Crippen LogP contribution in [-0.4, -0.2) is 29.3 Å². The number of anilines is 2. The normalized spacial score (nSPS) is 11.7. The quantitative estimate of drug-likeness (QED) is 0.333. The van der Waals surface area contributed by atoms with E-state index in [1.165, 1.54) is 6.33 Å². The van der Waals surface area contributed by atoms with Crippen LogP contribution in [0.4, 0.5) is 11.8 Å². The maximum atomic E-state index is 14.0. The Morgan fingerprint density at radius 2 is 1.73 bits per heavy atom. The predicted octanol–water partition coefficient (Wildman–Crippen LogP) is 4.77. The molecule has 10 heteroatoms. The monoisotopic (exact) mass is 528 g/mol. The number of aryl methyl sites for hydroxylation is 2. The Hall–Kier alpha value is -5.51. The molecule has 0 saturated carbocycles. The molecule has 0 aliphatic heterocycles. The van der Waals surface area contributed by atoms with Gasteiger partial charge in [-0.1, -0.05) is 36.4 Å². The number of hydrogen-bond donors (Lipinski definition) is 2. The van der Waals surface area contributed by atoms with Gasteiger partial charge in [-0.3, -0.25) is 9.36 Å². The van der Waals surface area contributed by atoms with E-state index in [-0.39, 0.29) is 18.1 Å². The van der Waals surface area contributed by atoms with Crippen LogP contribution < -0.4 is 17.0 Å². The van der Waals surface area contributed by atoms with E-state index in [9.17, 15) is 4.79 Å².